The van der Waals surface area contributed by atoms with Gasteiger partial charge in [0.2, 0.25) is 0 Å². The van der Waals surface area contributed by atoms with E-state index in [1.165, 1.54) is 15.6 Å². The van der Waals surface area contributed by atoms with Crippen molar-refractivity contribution in [1.82, 2.24) is 24.8 Å². The molecule has 0 aliphatic heterocycles. The Morgan fingerprint density at radius 3 is 3.06 bits per heavy atom. The predicted octanol–water partition coefficient (Wildman–Crippen LogP) is -1.50. The Balaban J connectivity index is 2.36. The zero-order valence-electron chi connectivity index (χ0n) is 9.70. The van der Waals surface area contributed by atoms with Crippen LogP contribution in [-0.2, 0) is 18.3 Å². The van der Waals surface area contributed by atoms with Crippen LogP contribution in [0.4, 0.5) is 0 Å². The van der Waals surface area contributed by atoms with Crippen LogP contribution >= 0.6 is 0 Å². The van der Waals surface area contributed by atoms with Crippen LogP contribution in [0.5, 0.6) is 0 Å². The molecule has 2 aromatic rings. The molecule has 2 aromatic heterocycles. The third-order valence-corrected chi connectivity index (χ3v) is 2.41. The second kappa shape index (κ2) is 4.60. The second-order valence-corrected chi connectivity index (χ2v) is 3.80. The van der Waals surface area contributed by atoms with Gasteiger partial charge < -0.3 is 10.5 Å². The van der Waals surface area contributed by atoms with E-state index in [4.69, 9.17) is 10.5 Å². The maximum absolute atomic E-state index is 12.0. The number of rotatable bonds is 4. The largest absolute Gasteiger partial charge is 0.383 e. The first-order valence-electron chi connectivity index (χ1n) is 5.13. The standard InChI is InChI=1S/C9H14N6O2/c1-14-8-7(3-11-14)9(16)15(13-12-8)4-6(10)5-17-2/h3,6H,4-5,10H2,1-2H3. The van der Waals surface area contributed by atoms with Gasteiger partial charge in [-0.2, -0.15) is 5.10 Å². The molecule has 2 N–H and O–H groups in total. The van der Waals surface area contributed by atoms with E-state index in [1.54, 1.807) is 14.2 Å². The molecule has 0 fully saturated rings. The fraction of sp³-hybridized carbons (Fsp3) is 0.556. The van der Waals surface area contributed by atoms with Gasteiger partial charge in [0.1, 0.15) is 5.39 Å². The summed E-state index contributed by atoms with van der Waals surface area (Å²) in [5.74, 6) is 0. The molecule has 0 saturated carbocycles. The van der Waals surface area contributed by atoms with Crippen LogP contribution in [0, 0.1) is 0 Å². The molecule has 17 heavy (non-hydrogen) atoms. The maximum atomic E-state index is 12.0. The minimum absolute atomic E-state index is 0.241. The fourth-order valence-corrected chi connectivity index (χ4v) is 1.58. The number of nitrogens with zero attached hydrogens (tertiary/aromatic N) is 5. The van der Waals surface area contributed by atoms with Crippen molar-refractivity contribution in [1.29, 1.82) is 0 Å². The summed E-state index contributed by atoms with van der Waals surface area (Å²) < 4.78 is 7.64. The average molecular weight is 238 g/mol. The van der Waals surface area contributed by atoms with Crippen LogP contribution < -0.4 is 11.3 Å². The molecule has 0 aliphatic rings. The molecule has 2 heterocycles. The number of nitrogens with two attached hydrogens (primary N) is 1. The molecule has 8 nitrogen and oxygen atoms in total. The highest BCUT2D eigenvalue weighted by Crippen LogP contribution is 2.01. The maximum Gasteiger partial charge on any atom is 0.280 e. The highest BCUT2D eigenvalue weighted by molar-refractivity contribution is 5.72. The first kappa shape index (κ1) is 11.7. The summed E-state index contributed by atoms with van der Waals surface area (Å²) in [5, 5.41) is 12.1. The molecule has 1 atom stereocenters. The van der Waals surface area contributed by atoms with Gasteiger partial charge in [-0.3, -0.25) is 4.79 Å². The van der Waals surface area contributed by atoms with Crippen molar-refractivity contribution in [3.8, 4) is 0 Å². The molecule has 0 bridgehead atoms. The fourth-order valence-electron chi connectivity index (χ4n) is 1.58. The van der Waals surface area contributed by atoms with Gasteiger partial charge in [-0.05, 0) is 0 Å². The molecular formula is C9H14N6O2. The van der Waals surface area contributed by atoms with E-state index in [9.17, 15) is 4.79 Å². The Hall–Kier alpha value is -1.80. The molecule has 0 aliphatic carbocycles. The quantitative estimate of drug-likeness (QED) is 0.695. The summed E-state index contributed by atoms with van der Waals surface area (Å²) in [6.45, 7) is 0.629. The average Bonchev–Trinajstić information content (AvgIpc) is 2.66. The minimum Gasteiger partial charge on any atom is -0.383 e. The third-order valence-electron chi connectivity index (χ3n) is 2.41. The topological polar surface area (TPSA) is 101 Å². The lowest BCUT2D eigenvalue weighted by Crippen LogP contribution is -2.36. The molecule has 0 radical (unpaired) electrons. The normalized spacial score (nSPS) is 13.1. The molecule has 0 spiro atoms. The molecule has 2 rings (SSSR count). The van der Waals surface area contributed by atoms with Crippen molar-refractivity contribution in [2.24, 2.45) is 12.8 Å². The second-order valence-electron chi connectivity index (χ2n) is 3.80. The Kier molecular flexibility index (Phi) is 3.16. The van der Waals surface area contributed by atoms with E-state index in [0.717, 1.165) is 0 Å². The van der Waals surface area contributed by atoms with Crippen molar-refractivity contribution >= 4 is 11.0 Å². The van der Waals surface area contributed by atoms with Crippen molar-refractivity contribution in [3.63, 3.8) is 0 Å². The van der Waals surface area contributed by atoms with Crippen LogP contribution in [0.3, 0.4) is 0 Å². The van der Waals surface area contributed by atoms with Crippen LogP contribution in [0.2, 0.25) is 0 Å². The van der Waals surface area contributed by atoms with Crippen LogP contribution in [-0.4, -0.2) is 44.5 Å². The van der Waals surface area contributed by atoms with Crippen LogP contribution in [0.25, 0.3) is 11.0 Å². The number of aryl methyl sites for hydroxylation is 1. The monoisotopic (exact) mass is 238 g/mol. The third kappa shape index (κ3) is 2.17. The van der Waals surface area contributed by atoms with Gasteiger partial charge in [-0.25, -0.2) is 9.36 Å². The Labute approximate surface area is 97.0 Å². The molecular weight excluding hydrogens is 224 g/mol. The van der Waals surface area contributed by atoms with Crippen LogP contribution in [0.15, 0.2) is 11.0 Å². The number of ether oxygens (including phenoxy) is 1. The number of aromatic nitrogens is 5. The van der Waals surface area contributed by atoms with E-state index < -0.39 is 0 Å². The van der Waals surface area contributed by atoms with Crippen molar-refractivity contribution < 1.29 is 4.74 Å². The van der Waals surface area contributed by atoms with Gasteiger partial charge in [0, 0.05) is 20.2 Å². The smallest absolute Gasteiger partial charge is 0.280 e. The zero-order chi connectivity index (χ0) is 12.4. The molecule has 0 aromatic carbocycles. The van der Waals surface area contributed by atoms with Gasteiger partial charge >= 0.3 is 0 Å². The summed E-state index contributed by atoms with van der Waals surface area (Å²) in [5.41, 5.74) is 5.98. The molecule has 0 amide bonds. The predicted molar refractivity (Wildman–Crippen MR) is 60.4 cm³/mol. The number of fused-ring (bicyclic) bond motifs is 1. The van der Waals surface area contributed by atoms with E-state index in [-0.39, 0.29) is 18.1 Å². The van der Waals surface area contributed by atoms with Gasteiger partial charge in [0.05, 0.1) is 19.3 Å². The lowest BCUT2D eigenvalue weighted by molar-refractivity contribution is 0.171. The lowest BCUT2D eigenvalue weighted by atomic mass is 10.3. The summed E-state index contributed by atoms with van der Waals surface area (Å²) in [4.78, 5) is 12.0. The number of hydrogen-bond donors (Lipinski definition) is 1. The van der Waals surface area contributed by atoms with Gasteiger partial charge in [-0.1, -0.05) is 5.21 Å². The van der Waals surface area contributed by atoms with Gasteiger partial charge in [0.25, 0.3) is 5.56 Å². The van der Waals surface area contributed by atoms with E-state index in [0.29, 0.717) is 17.6 Å². The number of methoxy groups -OCH3 is 1. The Morgan fingerprint density at radius 1 is 1.59 bits per heavy atom. The Bertz CT molecular complexity index is 574. The Morgan fingerprint density at radius 2 is 2.35 bits per heavy atom. The molecule has 92 valence electrons. The van der Waals surface area contributed by atoms with Crippen molar-refractivity contribution in [2.75, 3.05) is 13.7 Å². The van der Waals surface area contributed by atoms with E-state index in [1.807, 2.05) is 0 Å². The van der Waals surface area contributed by atoms with Crippen molar-refractivity contribution in [2.45, 2.75) is 12.6 Å². The summed E-state index contributed by atoms with van der Waals surface area (Å²) in [7, 11) is 3.26. The molecule has 8 heteroatoms. The lowest BCUT2D eigenvalue weighted by Gasteiger charge is -2.10. The van der Waals surface area contributed by atoms with E-state index >= 15 is 0 Å². The van der Waals surface area contributed by atoms with Gasteiger partial charge in [0.15, 0.2) is 5.65 Å². The zero-order valence-corrected chi connectivity index (χ0v) is 9.70. The first-order valence-corrected chi connectivity index (χ1v) is 5.13. The van der Waals surface area contributed by atoms with Crippen LogP contribution in [0.1, 0.15) is 0 Å². The molecule has 0 saturated heterocycles. The first-order chi connectivity index (χ1) is 8.13. The SMILES string of the molecule is COCC(N)Cn1nnc2c(cnn2C)c1=O. The summed E-state index contributed by atoms with van der Waals surface area (Å²) >= 11 is 0. The van der Waals surface area contributed by atoms with E-state index in [2.05, 4.69) is 15.4 Å². The summed E-state index contributed by atoms with van der Waals surface area (Å²) in [6.07, 6.45) is 1.48. The van der Waals surface area contributed by atoms with Crippen molar-refractivity contribution in [3.05, 3.63) is 16.6 Å². The highest BCUT2D eigenvalue weighted by atomic mass is 16.5. The number of hydrogen-bond acceptors (Lipinski definition) is 6. The highest BCUT2D eigenvalue weighted by Gasteiger charge is 2.11. The minimum atomic E-state index is -0.291. The summed E-state index contributed by atoms with van der Waals surface area (Å²) in [6, 6.07) is -0.291. The molecule has 1 unspecified atom stereocenters. The van der Waals surface area contributed by atoms with Gasteiger partial charge in [-0.15, -0.1) is 5.10 Å².